The molecule has 18 heavy (non-hydrogen) atoms. The molecule has 0 fully saturated rings. The Morgan fingerprint density at radius 3 is 2.17 bits per heavy atom. The Bertz CT molecular complexity index is 435. The van der Waals surface area contributed by atoms with Crippen molar-refractivity contribution in [1.29, 1.82) is 0 Å². The largest absolute Gasteiger partial charge is 0.416 e. The molecule has 0 aromatic heterocycles. The molecule has 1 aromatic carbocycles. The molecule has 0 saturated carbocycles. The highest BCUT2D eigenvalue weighted by molar-refractivity contribution is 9.10. The number of halogens is 6. The summed E-state index contributed by atoms with van der Waals surface area (Å²) in [6.07, 6.45) is -4.66. The highest BCUT2D eigenvalue weighted by atomic mass is 79.9. The number of hydrogen-bond donors (Lipinski definition) is 2. The quantitative estimate of drug-likeness (QED) is 0.835. The maximum absolute atomic E-state index is 13.1. The van der Waals surface area contributed by atoms with Gasteiger partial charge in [0.15, 0.2) is 0 Å². The molecule has 3 N–H and O–H groups in total. The number of nitrogens with two attached hydrogens (primary N) is 1. The highest BCUT2D eigenvalue weighted by Crippen LogP contribution is 2.36. The fourth-order valence-electron chi connectivity index (χ4n) is 1.30. The van der Waals surface area contributed by atoms with E-state index in [2.05, 4.69) is 15.9 Å². The second kappa shape index (κ2) is 5.10. The SMILES string of the molecule is N[C@@H](c1cc(Br)cc(C(F)(F)F)c1)C(F)(F)CO. The van der Waals surface area contributed by atoms with Crippen LogP contribution in [0.15, 0.2) is 22.7 Å². The number of benzene rings is 1. The smallest absolute Gasteiger partial charge is 0.390 e. The molecule has 0 aliphatic carbocycles. The molecular formula is C10H9BrF5NO. The van der Waals surface area contributed by atoms with Gasteiger partial charge in [-0.3, -0.25) is 0 Å². The van der Waals surface area contributed by atoms with Gasteiger partial charge in [0.05, 0.1) is 11.6 Å². The maximum Gasteiger partial charge on any atom is 0.416 e. The third-order valence-electron chi connectivity index (χ3n) is 2.27. The van der Waals surface area contributed by atoms with Gasteiger partial charge in [0, 0.05) is 4.47 Å². The topological polar surface area (TPSA) is 46.2 Å². The van der Waals surface area contributed by atoms with Gasteiger partial charge < -0.3 is 10.8 Å². The van der Waals surface area contributed by atoms with Crippen LogP contribution in [0.25, 0.3) is 0 Å². The molecule has 0 heterocycles. The second-order valence-corrected chi connectivity index (χ2v) is 4.58. The van der Waals surface area contributed by atoms with Gasteiger partial charge in [-0.05, 0) is 23.8 Å². The van der Waals surface area contributed by atoms with Crippen molar-refractivity contribution in [3.63, 3.8) is 0 Å². The van der Waals surface area contributed by atoms with Gasteiger partial charge in [-0.25, -0.2) is 8.78 Å². The molecule has 0 aliphatic heterocycles. The zero-order valence-electron chi connectivity index (χ0n) is 8.81. The summed E-state index contributed by atoms with van der Waals surface area (Å²) >= 11 is 2.80. The van der Waals surface area contributed by atoms with E-state index in [-0.39, 0.29) is 4.47 Å². The molecule has 0 spiro atoms. The van der Waals surface area contributed by atoms with Crippen LogP contribution in [0, 0.1) is 0 Å². The van der Waals surface area contributed by atoms with E-state index in [4.69, 9.17) is 10.8 Å². The number of hydrogen-bond acceptors (Lipinski definition) is 2. The molecule has 0 unspecified atom stereocenters. The van der Waals surface area contributed by atoms with Crippen molar-refractivity contribution < 1.29 is 27.1 Å². The molecule has 8 heteroatoms. The number of alkyl halides is 5. The monoisotopic (exact) mass is 333 g/mol. The minimum Gasteiger partial charge on any atom is -0.390 e. The van der Waals surface area contributed by atoms with Crippen molar-refractivity contribution in [2.24, 2.45) is 5.73 Å². The predicted octanol–water partition coefficient (Wildman–Crippen LogP) is 3.10. The standard InChI is InChI=1S/C10H9BrF5NO/c11-7-2-5(8(17)9(12,13)4-18)1-6(3-7)10(14,15)16/h1-3,8,18H,4,17H2/t8-/m0/s1. The van der Waals surface area contributed by atoms with Gasteiger partial charge >= 0.3 is 6.18 Å². The molecule has 0 amide bonds. The van der Waals surface area contributed by atoms with Crippen LogP contribution in [0.2, 0.25) is 0 Å². The van der Waals surface area contributed by atoms with Crippen LogP contribution in [0.1, 0.15) is 17.2 Å². The third kappa shape index (κ3) is 3.39. The minimum absolute atomic E-state index is 0.0171. The highest BCUT2D eigenvalue weighted by Gasteiger charge is 2.39. The number of aliphatic hydroxyl groups is 1. The van der Waals surface area contributed by atoms with Crippen LogP contribution in [0.5, 0.6) is 0 Å². The lowest BCUT2D eigenvalue weighted by molar-refractivity contribution is -0.137. The van der Waals surface area contributed by atoms with Gasteiger partial charge in [-0.1, -0.05) is 15.9 Å². The second-order valence-electron chi connectivity index (χ2n) is 3.67. The third-order valence-corrected chi connectivity index (χ3v) is 2.73. The van der Waals surface area contributed by atoms with Crippen molar-refractivity contribution in [3.8, 4) is 0 Å². The van der Waals surface area contributed by atoms with E-state index >= 15 is 0 Å². The summed E-state index contributed by atoms with van der Waals surface area (Å²) in [5.41, 5.74) is 3.67. The van der Waals surface area contributed by atoms with Gasteiger partial charge in [0.25, 0.3) is 5.92 Å². The molecule has 102 valence electrons. The molecular weight excluding hydrogens is 325 g/mol. The van der Waals surface area contributed by atoms with E-state index in [1.807, 2.05) is 0 Å². The molecule has 0 bridgehead atoms. The fraction of sp³-hybridized carbons (Fsp3) is 0.400. The Labute approximate surface area is 108 Å². The first-order valence-corrected chi connectivity index (χ1v) is 5.49. The molecule has 0 aliphatic rings. The van der Waals surface area contributed by atoms with Gasteiger partial charge in [0.2, 0.25) is 0 Å². The first kappa shape index (κ1) is 15.3. The number of rotatable bonds is 3. The predicted molar refractivity (Wildman–Crippen MR) is 58.1 cm³/mol. The van der Waals surface area contributed by atoms with Crippen molar-refractivity contribution in [1.82, 2.24) is 0 Å². The van der Waals surface area contributed by atoms with E-state index in [1.165, 1.54) is 0 Å². The lowest BCUT2D eigenvalue weighted by Crippen LogP contribution is -2.36. The summed E-state index contributed by atoms with van der Waals surface area (Å²) in [4.78, 5) is 0. The van der Waals surface area contributed by atoms with Gasteiger partial charge in [-0.2, -0.15) is 13.2 Å². The Kier molecular flexibility index (Phi) is 4.34. The molecule has 0 radical (unpaired) electrons. The van der Waals surface area contributed by atoms with Crippen LogP contribution in [-0.4, -0.2) is 17.6 Å². The summed E-state index contributed by atoms with van der Waals surface area (Å²) in [5, 5.41) is 8.46. The fourth-order valence-corrected chi connectivity index (χ4v) is 1.81. The molecule has 0 saturated heterocycles. The lowest BCUT2D eigenvalue weighted by Gasteiger charge is -2.22. The van der Waals surface area contributed by atoms with Crippen molar-refractivity contribution in [2.75, 3.05) is 6.61 Å². The average Bonchev–Trinajstić information content (AvgIpc) is 2.26. The molecule has 1 atom stereocenters. The molecule has 1 aromatic rings. The van der Waals surface area contributed by atoms with Gasteiger partial charge in [0.1, 0.15) is 6.61 Å². The zero-order chi connectivity index (χ0) is 14.1. The van der Waals surface area contributed by atoms with Crippen LogP contribution >= 0.6 is 15.9 Å². The van der Waals surface area contributed by atoms with Crippen molar-refractivity contribution in [2.45, 2.75) is 18.1 Å². The summed E-state index contributed by atoms with van der Waals surface area (Å²) in [6.45, 7) is -1.54. The van der Waals surface area contributed by atoms with Crippen LogP contribution in [0.3, 0.4) is 0 Å². The van der Waals surface area contributed by atoms with Crippen LogP contribution in [0.4, 0.5) is 22.0 Å². The van der Waals surface area contributed by atoms with E-state index < -0.39 is 35.9 Å². The molecule has 2 nitrogen and oxygen atoms in total. The van der Waals surface area contributed by atoms with E-state index in [0.29, 0.717) is 6.07 Å². The summed E-state index contributed by atoms with van der Waals surface area (Å²) in [6, 6.07) is 0.344. The average molecular weight is 334 g/mol. The van der Waals surface area contributed by atoms with Gasteiger partial charge in [-0.15, -0.1) is 0 Å². The first-order valence-electron chi connectivity index (χ1n) is 4.70. The number of aliphatic hydroxyl groups excluding tert-OH is 1. The van der Waals surface area contributed by atoms with E-state index in [0.717, 1.165) is 12.1 Å². The van der Waals surface area contributed by atoms with Crippen molar-refractivity contribution >= 4 is 15.9 Å². The Morgan fingerprint density at radius 1 is 1.17 bits per heavy atom. The minimum atomic E-state index is -4.66. The zero-order valence-corrected chi connectivity index (χ0v) is 10.4. The Balaban J connectivity index is 3.23. The summed E-state index contributed by atoms with van der Waals surface area (Å²) in [7, 11) is 0. The molecule has 1 rings (SSSR count). The normalized spacial score (nSPS) is 14.7. The Morgan fingerprint density at radius 2 is 1.72 bits per heavy atom. The first-order chi connectivity index (χ1) is 8.08. The van der Waals surface area contributed by atoms with E-state index in [9.17, 15) is 22.0 Å². The maximum atomic E-state index is 13.1. The van der Waals surface area contributed by atoms with Crippen LogP contribution in [-0.2, 0) is 6.18 Å². The van der Waals surface area contributed by atoms with Crippen LogP contribution < -0.4 is 5.73 Å². The summed E-state index contributed by atoms with van der Waals surface area (Å²) < 4.78 is 63.7. The Hall–Kier alpha value is -0.730. The van der Waals surface area contributed by atoms with E-state index in [1.54, 1.807) is 0 Å². The summed E-state index contributed by atoms with van der Waals surface area (Å²) in [5.74, 6) is -3.69. The lowest BCUT2D eigenvalue weighted by atomic mass is 9.99. The van der Waals surface area contributed by atoms with Crippen molar-refractivity contribution in [3.05, 3.63) is 33.8 Å².